The van der Waals surface area contributed by atoms with Crippen LogP contribution in [0.3, 0.4) is 0 Å². The number of nitrogens with zero attached hydrogens (tertiary/aromatic N) is 2. The number of rotatable bonds is 2. The summed E-state index contributed by atoms with van der Waals surface area (Å²) in [6, 6.07) is 1.89. The highest BCUT2D eigenvalue weighted by Gasteiger charge is 2.22. The second-order valence-electron chi connectivity index (χ2n) is 5.10. The predicted octanol–water partition coefficient (Wildman–Crippen LogP) is 1.59. The van der Waals surface area contributed by atoms with Crippen LogP contribution in [0, 0.1) is 0 Å². The Labute approximate surface area is 115 Å². The molecule has 0 amide bonds. The third-order valence-corrected chi connectivity index (χ3v) is 4.13. The van der Waals surface area contributed by atoms with E-state index in [9.17, 15) is 4.79 Å². The van der Waals surface area contributed by atoms with Gasteiger partial charge in [-0.3, -0.25) is 9.69 Å². The second kappa shape index (κ2) is 5.03. The third kappa shape index (κ3) is 2.70. The maximum absolute atomic E-state index is 11.9. The maximum Gasteiger partial charge on any atom is 0.268 e. The number of hydrogen-bond acceptors (Lipinski definition) is 5. The monoisotopic (exact) mass is 279 g/mol. The molecule has 3 heterocycles. The van der Waals surface area contributed by atoms with Crippen molar-refractivity contribution in [2.75, 3.05) is 13.1 Å². The van der Waals surface area contributed by atoms with Crippen LogP contribution >= 0.6 is 11.3 Å². The molecule has 19 heavy (non-hydrogen) atoms. The molecule has 2 aromatic rings. The molecule has 1 aliphatic rings. The van der Waals surface area contributed by atoms with Gasteiger partial charge in [0.05, 0.1) is 24.3 Å². The molecular formula is C13H17N3O2S. The lowest BCUT2D eigenvalue weighted by Gasteiger charge is -2.34. The molecule has 0 aromatic carbocycles. The lowest BCUT2D eigenvalue weighted by atomic mass is 10.2. The Kier molecular flexibility index (Phi) is 3.38. The number of aromatic amines is 1. The molecule has 1 N–H and O–H groups in total. The molecular weight excluding hydrogens is 262 g/mol. The summed E-state index contributed by atoms with van der Waals surface area (Å²) in [6.07, 6.45) is 0.445. The standard InChI is InChI=1S/C13H17N3O2S/c1-8-5-16(6-9(2)18-8)7-11-14-10-3-4-19-12(10)13(17)15-11/h3-4,8-9H,5-7H2,1-2H3,(H,14,15,17)/t8-,9+. The SMILES string of the molecule is C[C@@H]1CN(Cc2nc3ccsc3c(=O)[nH]2)C[C@H](C)O1. The maximum atomic E-state index is 11.9. The van der Waals surface area contributed by atoms with E-state index in [1.807, 2.05) is 11.4 Å². The van der Waals surface area contributed by atoms with Crippen molar-refractivity contribution < 1.29 is 4.74 Å². The van der Waals surface area contributed by atoms with Crippen molar-refractivity contribution in [3.05, 3.63) is 27.6 Å². The van der Waals surface area contributed by atoms with Crippen LogP contribution in [0.1, 0.15) is 19.7 Å². The van der Waals surface area contributed by atoms with E-state index >= 15 is 0 Å². The molecule has 1 aliphatic heterocycles. The number of aromatic nitrogens is 2. The lowest BCUT2D eigenvalue weighted by Crippen LogP contribution is -2.45. The smallest absolute Gasteiger partial charge is 0.268 e. The number of morpholine rings is 1. The van der Waals surface area contributed by atoms with E-state index in [0.29, 0.717) is 11.2 Å². The Bertz CT molecular complexity index is 626. The Balaban J connectivity index is 1.83. The molecule has 6 heteroatoms. The summed E-state index contributed by atoms with van der Waals surface area (Å²) in [5.41, 5.74) is 0.752. The quantitative estimate of drug-likeness (QED) is 0.907. The van der Waals surface area contributed by atoms with Crippen molar-refractivity contribution in [2.45, 2.75) is 32.6 Å². The van der Waals surface area contributed by atoms with Gasteiger partial charge in [-0.1, -0.05) is 0 Å². The summed E-state index contributed by atoms with van der Waals surface area (Å²) < 4.78 is 6.40. The Morgan fingerprint density at radius 2 is 2.21 bits per heavy atom. The molecule has 3 rings (SSSR count). The summed E-state index contributed by atoms with van der Waals surface area (Å²) in [7, 11) is 0. The van der Waals surface area contributed by atoms with Gasteiger partial charge in [0.15, 0.2) is 0 Å². The molecule has 5 nitrogen and oxygen atoms in total. The van der Waals surface area contributed by atoms with Gasteiger partial charge in [-0.15, -0.1) is 11.3 Å². The van der Waals surface area contributed by atoms with Gasteiger partial charge < -0.3 is 9.72 Å². The van der Waals surface area contributed by atoms with Gasteiger partial charge in [0.25, 0.3) is 5.56 Å². The van der Waals surface area contributed by atoms with E-state index in [2.05, 4.69) is 28.7 Å². The minimum atomic E-state index is -0.0376. The zero-order valence-electron chi connectivity index (χ0n) is 11.0. The average molecular weight is 279 g/mol. The van der Waals surface area contributed by atoms with Crippen LogP contribution in [-0.4, -0.2) is 40.2 Å². The fourth-order valence-electron chi connectivity index (χ4n) is 2.62. The van der Waals surface area contributed by atoms with Gasteiger partial charge in [0.2, 0.25) is 0 Å². The fraction of sp³-hybridized carbons (Fsp3) is 0.538. The van der Waals surface area contributed by atoms with Gasteiger partial charge in [-0.05, 0) is 25.3 Å². The lowest BCUT2D eigenvalue weighted by molar-refractivity contribution is -0.0710. The van der Waals surface area contributed by atoms with Crippen LogP contribution in [0.2, 0.25) is 0 Å². The number of nitrogens with one attached hydrogen (secondary N) is 1. The first kappa shape index (κ1) is 12.8. The van der Waals surface area contributed by atoms with Crippen molar-refractivity contribution in [3.8, 4) is 0 Å². The summed E-state index contributed by atoms with van der Waals surface area (Å²) >= 11 is 1.43. The van der Waals surface area contributed by atoms with Crippen LogP contribution < -0.4 is 5.56 Å². The predicted molar refractivity (Wildman–Crippen MR) is 75.5 cm³/mol. The first-order chi connectivity index (χ1) is 9.11. The number of ether oxygens (including phenoxy) is 1. The summed E-state index contributed by atoms with van der Waals surface area (Å²) in [6.45, 7) is 6.55. The molecule has 0 spiro atoms. The highest BCUT2D eigenvalue weighted by atomic mass is 32.1. The second-order valence-corrected chi connectivity index (χ2v) is 6.02. The number of fused-ring (bicyclic) bond motifs is 1. The summed E-state index contributed by atoms with van der Waals surface area (Å²) in [5.74, 6) is 0.734. The van der Waals surface area contributed by atoms with E-state index in [4.69, 9.17) is 4.74 Å². The van der Waals surface area contributed by atoms with Gasteiger partial charge in [0.1, 0.15) is 10.5 Å². The molecule has 0 bridgehead atoms. The zero-order chi connectivity index (χ0) is 13.4. The van der Waals surface area contributed by atoms with Crippen molar-refractivity contribution in [1.29, 1.82) is 0 Å². The van der Waals surface area contributed by atoms with Crippen molar-refractivity contribution in [3.63, 3.8) is 0 Å². The first-order valence-corrected chi connectivity index (χ1v) is 7.34. The minimum absolute atomic E-state index is 0.0376. The third-order valence-electron chi connectivity index (χ3n) is 3.23. The molecule has 1 fully saturated rings. The zero-order valence-corrected chi connectivity index (χ0v) is 11.9. The van der Waals surface area contributed by atoms with E-state index in [1.54, 1.807) is 0 Å². The molecule has 1 saturated heterocycles. The van der Waals surface area contributed by atoms with Gasteiger partial charge in [0, 0.05) is 13.1 Å². The van der Waals surface area contributed by atoms with Gasteiger partial charge >= 0.3 is 0 Å². The number of thiophene rings is 1. The number of H-pyrrole nitrogens is 1. The molecule has 2 aromatic heterocycles. The van der Waals surface area contributed by atoms with Crippen LogP contribution in [0.4, 0.5) is 0 Å². The molecule has 0 saturated carbocycles. The normalized spacial score (nSPS) is 24.9. The number of hydrogen-bond donors (Lipinski definition) is 1. The van der Waals surface area contributed by atoms with Crippen molar-refractivity contribution in [2.24, 2.45) is 0 Å². The Morgan fingerprint density at radius 1 is 1.47 bits per heavy atom. The van der Waals surface area contributed by atoms with E-state index in [-0.39, 0.29) is 17.8 Å². The largest absolute Gasteiger partial charge is 0.373 e. The molecule has 0 radical (unpaired) electrons. The van der Waals surface area contributed by atoms with Gasteiger partial charge in [-0.2, -0.15) is 0 Å². The van der Waals surface area contributed by atoms with E-state index in [1.165, 1.54) is 11.3 Å². The average Bonchev–Trinajstić information content (AvgIpc) is 2.75. The molecule has 2 atom stereocenters. The van der Waals surface area contributed by atoms with Crippen LogP contribution in [0.15, 0.2) is 16.2 Å². The highest BCUT2D eigenvalue weighted by molar-refractivity contribution is 7.17. The first-order valence-electron chi connectivity index (χ1n) is 6.46. The molecule has 0 aliphatic carbocycles. The summed E-state index contributed by atoms with van der Waals surface area (Å²) in [5, 5.41) is 1.90. The van der Waals surface area contributed by atoms with Gasteiger partial charge in [-0.25, -0.2) is 4.98 Å². The minimum Gasteiger partial charge on any atom is -0.373 e. The van der Waals surface area contributed by atoms with Crippen molar-refractivity contribution in [1.82, 2.24) is 14.9 Å². The van der Waals surface area contributed by atoms with Crippen molar-refractivity contribution >= 4 is 21.6 Å². The van der Waals surface area contributed by atoms with Crippen LogP contribution in [-0.2, 0) is 11.3 Å². The molecule has 102 valence electrons. The fourth-order valence-corrected chi connectivity index (χ4v) is 3.35. The molecule has 0 unspecified atom stereocenters. The van der Waals surface area contributed by atoms with E-state index in [0.717, 1.165) is 24.4 Å². The Hall–Kier alpha value is -1.24. The van der Waals surface area contributed by atoms with E-state index < -0.39 is 0 Å². The summed E-state index contributed by atoms with van der Waals surface area (Å²) in [4.78, 5) is 21.6. The Morgan fingerprint density at radius 3 is 2.95 bits per heavy atom. The topological polar surface area (TPSA) is 58.2 Å². The van der Waals surface area contributed by atoms with Crippen LogP contribution in [0.25, 0.3) is 10.2 Å². The van der Waals surface area contributed by atoms with Crippen LogP contribution in [0.5, 0.6) is 0 Å². The highest BCUT2D eigenvalue weighted by Crippen LogP contribution is 2.16.